The van der Waals surface area contributed by atoms with E-state index in [2.05, 4.69) is 5.32 Å². The molecule has 5 nitrogen and oxygen atoms in total. The molecule has 1 atom stereocenters. The van der Waals surface area contributed by atoms with E-state index < -0.39 is 0 Å². The molecular weight excluding hydrogens is 384 g/mol. The van der Waals surface area contributed by atoms with Crippen LogP contribution in [-0.2, 0) is 4.79 Å². The average molecular weight is 413 g/mol. The molecule has 0 aromatic heterocycles. The molecule has 1 saturated heterocycles. The summed E-state index contributed by atoms with van der Waals surface area (Å²) < 4.78 is 5.17. The van der Waals surface area contributed by atoms with Crippen LogP contribution in [0, 0.1) is 0 Å². The number of rotatable bonds is 6. The van der Waals surface area contributed by atoms with Gasteiger partial charge in [0.1, 0.15) is 5.75 Å². The van der Waals surface area contributed by atoms with Crippen molar-refractivity contribution in [1.82, 2.24) is 4.90 Å². The number of methoxy groups -OCH3 is 1. The highest BCUT2D eigenvalue weighted by Crippen LogP contribution is 2.27. The van der Waals surface area contributed by atoms with Crippen LogP contribution in [0.25, 0.3) is 0 Å². The van der Waals surface area contributed by atoms with Crippen LogP contribution in [0.3, 0.4) is 0 Å². The fraction of sp³-hybridized carbons (Fsp3) is 0.391. The van der Waals surface area contributed by atoms with E-state index in [0.717, 1.165) is 36.6 Å². The van der Waals surface area contributed by atoms with E-state index in [0.29, 0.717) is 11.3 Å². The summed E-state index contributed by atoms with van der Waals surface area (Å²) in [6, 6.07) is 14.9. The van der Waals surface area contributed by atoms with Crippen LogP contribution in [-0.4, -0.2) is 42.2 Å². The number of hydrogen-bond acceptors (Lipinski definition) is 4. The maximum absolute atomic E-state index is 13.0. The average Bonchev–Trinajstić information content (AvgIpc) is 3.04. The first-order valence-electron chi connectivity index (χ1n) is 10.1. The molecule has 6 heteroatoms. The van der Waals surface area contributed by atoms with E-state index in [4.69, 9.17) is 4.74 Å². The molecule has 1 aliphatic rings. The smallest absolute Gasteiger partial charge is 0.255 e. The second-order valence-electron chi connectivity index (χ2n) is 7.18. The fourth-order valence-electron chi connectivity index (χ4n) is 3.37. The summed E-state index contributed by atoms with van der Waals surface area (Å²) in [5, 5.41) is 2.66. The van der Waals surface area contributed by atoms with Crippen LogP contribution < -0.4 is 10.1 Å². The third-order valence-corrected chi connectivity index (χ3v) is 6.16. The molecule has 154 valence electrons. The van der Waals surface area contributed by atoms with Crippen LogP contribution >= 0.6 is 11.8 Å². The number of nitrogens with one attached hydrogen (secondary N) is 1. The summed E-state index contributed by atoms with van der Waals surface area (Å²) in [7, 11) is 1.63. The minimum absolute atomic E-state index is 0.00161. The number of amides is 2. The number of benzene rings is 2. The predicted molar refractivity (Wildman–Crippen MR) is 118 cm³/mol. The first-order valence-corrected chi connectivity index (χ1v) is 11.0. The van der Waals surface area contributed by atoms with Crippen molar-refractivity contribution in [1.29, 1.82) is 0 Å². The maximum Gasteiger partial charge on any atom is 0.255 e. The number of thioether (sulfide) groups is 1. The van der Waals surface area contributed by atoms with Gasteiger partial charge in [-0.05, 0) is 56.2 Å². The lowest BCUT2D eigenvalue weighted by Crippen LogP contribution is -2.33. The molecule has 0 saturated carbocycles. The normalized spacial score (nSPS) is 15.3. The van der Waals surface area contributed by atoms with Crippen molar-refractivity contribution in [2.45, 2.75) is 42.8 Å². The van der Waals surface area contributed by atoms with Crippen molar-refractivity contribution >= 4 is 29.3 Å². The second-order valence-corrected chi connectivity index (χ2v) is 8.59. The second kappa shape index (κ2) is 10.3. The number of hydrogen-bond donors (Lipinski definition) is 1. The Morgan fingerprint density at radius 3 is 2.31 bits per heavy atom. The fourth-order valence-corrected chi connectivity index (χ4v) is 4.24. The molecule has 2 aromatic rings. The van der Waals surface area contributed by atoms with Crippen molar-refractivity contribution in [2.24, 2.45) is 0 Å². The number of nitrogens with zero attached hydrogens (tertiary/aromatic N) is 1. The summed E-state index contributed by atoms with van der Waals surface area (Å²) >= 11 is 1.47. The molecule has 1 aliphatic heterocycles. The third kappa shape index (κ3) is 5.76. The van der Waals surface area contributed by atoms with Gasteiger partial charge >= 0.3 is 0 Å². The number of carbonyl (C=O) groups excluding carboxylic acids is 2. The predicted octanol–water partition coefficient (Wildman–Crippen LogP) is 4.83. The van der Waals surface area contributed by atoms with Crippen LogP contribution in [0.4, 0.5) is 5.69 Å². The summed E-state index contributed by atoms with van der Waals surface area (Å²) in [5.41, 5.74) is 1.14. The van der Waals surface area contributed by atoms with E-state index in [1.54, 1.807) is 19.2 Å². The van der Waals surface area contributed by atoms with Gasteiger partial charge in [0.15, 0.2) is 0 Å². The van der Waals surface area contributed by atoms with Gasteiger partial charge in [0.2, 0.25) is 5.91 Å². The molecule has 0 bridgehead atoms. The molecule has 1 unspecified atom stereocenters. The number of ether oxygens (including phenoxy) is 1. The molecule has 1 N–H and O–H groups in total. The molecule has 29 heavy (non-hydrogen) atoms. The standard InChI is InChI=1S/C23H28N2O3S/c1-17(29-19-13-11-18(28-2)12-14-19)22(26)24-21-10-6-5-9-20(21)23(27)25-15-7-3-4-8-16-25/h5-6,9-14,17H,3-4,7-8,15-16H2,1-2H3,(H,24,26). The molecule has 2 aromatic carbocycles. The molecular formula is C23H28N2O3S. The molecule has 0 radical (unpaired) electrons. The minimum atomic E-state index is -0.301. The molecule has 0 aliphatic carbocycles. The van der Waals surface area contributed by atoms with Gasteiger partial charge in [-0.15, -0.1) is 11.8 Å². The number of para-hydroxylation sites is 1. The summed E-state index contributed by atoms with van der Waals surface area (Å²) in [6.07, 6.45) is 4.41. The zero-order chi connectivity index (χ0) is 20.6. The summed E-state index contributed by atoms with van der Waals surface area (Å²) in [6.45, 7) is 3.43. The van der Waals surface area contributed by atoms with Crippen molar-refractivity contribution in [3.8, 4) is 5.75 Å². The van der Waals surface area contributed by atoms with Crippen LogP contribution in [0.1, 0.15) is 43.0 Å². The van der Waals surface area contributed by atoms with Crippen molar-refractivity contribution in [3.05, 3.63) is 54.1 Å². The lowest BCUT2D eigenvalue weighted by Gasteiger charge is -2.22. The van der Waals surface area contributed by atoms with Crippen molar-refractivity contribution < 1.29 is 14.3 Å². The molecule has 1 fully saturated rings. The highest BCUT2D eigenvalue weighted by molar-refractivity contribution is 8.00. The van der Waals surface area contributed by atoms with Gasteiger partial charge in [-0.2, -0.15) is 0 Å². The Morgan fingerprint density at radius 1 is 1.00 bits per heavy atom. The van der Waals surface area contributed by atoms with Crippen LogP contribution in [0.2, 0.25) is 0 Å². The summed E-state index contributed by atoms with van der Waals surface area (Å²) in [4.78, 5) is 28.7. The Bertz CT molecular complexity index is 830. The van der Waals surface area contributed by atoms with Crippen molar-refractivity contribution in [2.75, 3.05) is 25.5 Å². The largest absolute Gasteiger partial charge is 0.497 e. The number of carbonyl (C=O) groups is 2. The monoisotopic (exact) mass is 412 g/mol. The molecule has 3 rings (SSSR count). The third-order valence-electron chi connectivity index (χ3n) is 5.05. The summed E-state index contributed by atoms with van der Waals surface area (Å²) in [5.74, 6) is 0.660. The van der Waals surface area contributed by atoms with Gasteiger partial charge in [0.05, 0.1) is 23.6 Å². The van der Waals surface area contributed by atoms with Gasteiger partial charge < -0.3 is 15.0 Å². The Kier molecular flexibility index (Phi) is 7.58. The maximum atomic E-state index is 13.0. The zero-order valence-electron chi connectivity index (χ0n) is 17.0. The lowest BCUT2D eigenvalue weighted by atomic mass is 10.1. The van der Waals surface area contributed by atoms with Gasteiger partial charge in [-0.3, -0.25) is 9.59 Å². The van der Waals surface area contributed by atoms with Crippen molar-refractivity contribution in [3.63, 3.8) is 0 Å². The van der Waals surface area contributed by atoms with E-state index in [9.17, 15) is 9.59 Å². The van der Waals surface area contributed by atoms with Crippen LogP contribution in [0.15, 0.2) is 53.4 Å². The van der Waals surface area contributed by atoms with Gasteiger partial charge in [0, 0.05) is 18.0 Å². The van der Waals surface area contributed by atoms with Gasteiger partial charge in [0.25, 0.3) is 5.91 Å². The van der Waals surface area contributed by atoms with E-state index in [-0.39, 0.29) is 17.1 Å². The Labute approximate surface area is 176 Å². The highest BCUT2D eigenvalue weighted by Gasteiger charge is 2.22. The molecule has 0 spiro atoms. The lowest BCUT2D eigenvalue weighted by molar-refractivity contribution is -0.115. The van der Waals surface area contributed by atoms with Gasteiger partial charge in [-0.25, -0.2) is 0 Å². The molecule has 1 heterocycles. The first-order chi connectivity index (χ1) is 14.1. The number of likely N-dealkylation sites (tertiary alicyclic amines) is 1. The number of anilines is 1. The minimum Gasteiger partial charge on any atom is -0.497 e. The zero-order valence-corrected chi connectivity index (χ0v) is 17.8. The van der Waals surface area contributed by atoms with E-state index in [1.807, 2.05) is 48.2 Å². The molecule has 2 amide bonds. The highest BCUT2D eigenvalue weighted by atomic mass is 32.2. The topological polar surface area (TPSA) is 58.6 Å². The SMILES string of the molecule is COc1ccc(SC(C)C(=O)Nc2ccccc2C(=O)N2CCCCCC2)cc1. The van der Waals surface area contributed by atoms with Crippen LogP contribution in [0.5, 0.6) is 5.75 Å². The van der Waals surface area contributed by atoms with E-state index in [1.165, 1.54) is 24.6 Å². The Morgan fingerprint density at radius 2 is 1.66 bits per heavy atom. The van der Waals surface area contributed by atoms with Gasteiger partial charge in [-0.1, -0.05) is 25.0 Å². The first kappa shape index (κ1) is 21.2. The Balaban J connectivity index is 1.67. The quantitative estimate of drug-likeness (QED) is 0.691. The Hall–Kier alpha value is -2.47. The van der Waals surface area contributed by atoms with E-state index >= 15 is 0 Å².